The number of carbonyl (C=O) groups excluding carboxylic acids is 1. The van der Waals surface area contributed by atoms with Gasteiger partial charge >= 0.3 is 0 Å². The van der Waals surface area contributed by atoms with E-state index >= 15 is 0 Å². The lowest BCUT2D eigenvalue weighted by atomic mass is 10.1. The third-order valence-electron chi connectivity index (χ3n) is 1.79. The Bertz CT molecular complexity index is 345. The molecular weight excluding hydrogens is 200 g/mol. The maximum atomic E-state index is 10.7. The van der Waals surface area contributed by atoms with Gasteiger partial charge in [-0.1, -0.05) is 11.6 Å². The summed E-state index contributed by atoms with van der Waals surface area (Å²) in [6.07, 6.45) is 0.779. The number of hydrogen-bond donors (Lipinski definition) is 0. The largest absolute Gasteiger partial charge is 0.480 e. The molecule has 0 aliphatic rings. The van der Waals surface area contributed by atoms with Crippen molar-refractivity contribution in [3.63, 3.8) is 0 Å². The highest BCUT2D eigenvalue weighted by Gasteiger charge is 2.19. The van der Waals surface area contributed by atoms with Crippen LogP contribution in [-0.2, 0) is 4.79 Å². The van der Waals surface area contributed by atoms with E-state index in [0.717, 1.165) is 11.8 Å². The van der Waals surface area contributed by atoms with Gasteiger partial charge < -0.3 is 4.74 Å². The van der Waals surface area contributed by atoms with E-state index in [1.54, 1.807) is 32.0 Å². The minimum Gasteiger partial charge on any atom is -0.480 e. The van der Waals surface area contributed by atoms with Gasteiger partial charge in [-0.05, 0) is 44.5 Å². The lowest BCUT2D eigenvalue weighted by Crippen LogP contribution is -2.30. The third-order valence-corrected chi connectivity index (χ3v) is 2.03. The SMILES string of the molecule is Cc1cc(Cl)ccc1OC(C)(C)C=O. The average Bonchev–Trinajstić information content (AvgIpc) is 2.10. The monoisotopic (exact) mass is 212 g/mol. The third kappa shape index (κ3) is 2.74. The van der Waals surface area contributed by atoms with Crippen LogP contribution in [-0.4, -0.2) is 11.9 Å². The van der Waals surface area contributed by atoms with E-state index in [1.165, 1.54) is 0 Å². The van der Waals surface area contributed by atoms with E-state index in [-0.39, 0.29) is 0 Å². The fourth-order valence-electron chi connectivity index (χ4n) is 1.03. The highest BCUT2D eigenvalue weighted by Crippen LogP contribution is 2.24. The van der Waals surface area contributed by atoms with E-state index in [0.29, 0.717) is 10.8 Å². The van der Waals surface area contributed by atoms with E-state index < -0.39 is 5.60 Å². The van der Waals surface area contributed by atoms with Crippen molar-refractivity contribution < 1.29 is 9.53 Å². The number of halogens is 1. The molecule has 0 saturated heterocycles. The van der Waals surface area contributed by atoms with Crippen LogP contribution in [0, 0.1) is 6.92 Å². The van der Waals surface area contributed by atoms with Crippen LogP contribution < -0.4 is 4.74 Å². The second-order valence-electron chi connectivity index (χ2n) is 3.73. The Morgan fingerprint density at radius 2 is 2.07 bits per heavy atom. The van der Waals surface area contributed by atoms with Crippen molar-refractivity contribution >= 4 is 17.9 Å². The molecule has 0 aromatic heterocycles. The fourth-order valence-corrected chi connectivity index (χ4v) is 1.26. The molecule has 0 aliphatic carbocycles. The van der Waals surface area contributed by atoms with Crippen molar-refractivity contribution in [2.45, 2.75) is 26.4 Å². The molecule has 1 rings (SSSR count). The second kappa shape index (κ2) is 4.01. The molecule has 0 amide bonds. The first-order valence-electron chi connectivity index (χ1n) is 4.36. The first-order chi connectivity index (χ1) is 6.44. The summed E-state index contributed by atoms with van der Waals surface area (Å²) in [6.45, 7) is 5.32. The average molecular weight is 213 g/mol. The quantitative estimate of drug-likeness (QED) is 0.720. The van der Waals surface area contributed by atoms with Crippen LogP contribution in [0.3, 0.4) is 0 Å². The summed E-state index contributed by atoms with van der Waals surface area (Å²) in [7, 11) is 0. The van der Waals surface area contributed by atoms with Crippen molar-refractivity contribution in [1.82, 2.24) is 0 Å². The Hall–Kier alpha value is -1.02. The topological polar surface area (TPSA) is 26.3 Å². The van der Waals surface area contributed by atoms with Gasteiger partial charge in [-0.15, -0.1) is 0 Å². The van der Waals surface area contributed by atoms with Gasteiger partial charge in [0.1, 0.15) is 5.75 Å². The van der Waals surface area contributed by atoms with Gasteiger partial charge in [0, 0.05) is 5.02 Å². The molecule has 0 fully saturated rings. The Morgan fingerprint density at radius 3 is 2.57 bits per heavy atom. The molecule has 0 bridgehead atoms. The predicted octanol–water partition coefficient (Wildman–Crippen LogP) is 3.00. The van der Waals surface area contributed by atoms with Crippen molar-refractivity contribution in [3.05, 3.63) is 28.8 Å². The summed E-state index contributed by atoms with van der Waals surface area (Å²) < 4.78 is 5.51. The zero-order chi connectivity index (χ0) is 10.8. The summed E-state index contributed by atoms with van der Waals surface area (Å²) in [5.74, 6) is 0.687. The fraction of sp³-hybridized carbons (Fsp3) is 0.364. The van der Waals surface area contributed by atoms with Crippen molar-refractivity contribution in [2.75, 3.05) is 0 Å². The van der Waals surface area contributed by atoms with Crippen LogP contribution in [0.2, 0.25) is 5.02 Å². The number of aryl methyl sites for hydroxylation is 1. The van der Waals surface area contributed by atoms with Gasteiger partial charge in [0.05, 0.1) is 0 Å². The molecule has 0 spiro atoms. The first kappa shape index (κ1) is 11.1. The molecule has 76 valence electrons. The molecule has 14 heavy (non-hydrogen) atoms. The first-order valence-corrected chi connectivity index (χ1v) is 4.74. The lowest BCUT2D eigenvalue weighted by Gasteiger charge is -2.21. The van der Waals surface area contributed by atoms with Crippen LogP contribution in [0.5, 0.6) is 5.75 Å². The molecule has 3 heteroatoms. The van der Waals surface area contributed by atoms with Crippen LogP contribution in [0.4, 0.5) is 0 Å². The van der Waals surface area contributed by atoms with Gasteiger partial charge in [-0.2, -0.15) is 0 Å². The summed E-state index contributed by atoms with van der Waals surface area (Å²) in [4.78, 5) is 10.7. The van der Waals surface area contributed by atoms with Crippen molar-refractivity contribution in [3.8, 4) is 5.75 Å². The number of rotatable bonds is 3. The second-order valence-corrected chi connectivity index (χ2v) is 4.17. The summed E-state index contributed by atoms with van der Waals surface area (Å²) >= 11 is 5.80. The zero-order valence-electron chi connectivity index (χ0n) is 8.50. The molecule has 1 aromatic rings. The summed E-state index contributed by atoms with van der Waals surface area (Å²) in [6, 6.07) is 5.31. The van der Waals surface area contributed by atoms with Crippen LogP contribution in [0.1, 0.15) is 19.4 Å². The van der Waals surface area contributed by atoms with Crippen LogP contribution in [0.25, 0.3) is 0 Å². The molecule has 0 N–H and O–H groups in total. The summed E-state index contributed by atoms with van der Waals surface area (Å²) in [5, 5.41) is 0.666. The molecule has 1 aromatic carbocycles. The standard InChI is InChI=1S/C11H13ClO2/c1-8-6-9(12)4-5-10(8)14-11(2,3)7-13/h4-7H,1-3H3. The highest BCUT2D eigenvalue weighted by molar-refractivity contribution is 6.30. The number of carbonyl (C=O) groups is 1. The van der Waals surface area contributed by atoms with Gasteiger partial charge in [0.15, 0.2) is 11.9 Å². The summed E-state index contributed by atoms with van der Waals surface area (Å²) in [5.41, 5.74) is 0.130. The minimum atomic E-state index is -0.793. The van der Waals surface area contributed by atoms with Crippen LogP contribution >= 0.6 is 11.6 Å². The van der Waals surface area contributed by atoms with Gasteiger partial charge in [-0.25, -0.2) is 0 Å². The molecular formula is C11H13ClO2. The molecule has 0 radical (unpaired) electrons. The normalized spacial score (nSPS) is 11.1. The molecule has 0 heterocycles. The van der Waals surface area contributed by atoms with Crippen LogP contribution in [0.15, 0.2) is 18.2 Å². The van der Waals surface area contributed by atoms with E-state index in [9.17, 15) is 4.79 Å². The Kier molecular flexibility index (Phi) is 3.17. The smallest absolute Gasteiger partial charge is 0.162 e. The predicted molar refractivity (Wildman–Crippen MR) is 57.0 cm³/mol. The van der Waals surface area contributed by atoms with E-state index in [1.807, 2.05) is 6.92 Å². The Morgan fingerprint density at radius 1 is 1.43 bits per heavy atom. The van der Waals surface area contributed by atoms with Crippen molar-refractivity contribution in [1.29, 1.82) is 0 Å². The molecule has 0 unspecified atom stereocenters. The molecule has 0 atom stereocenters. The highest BCUT2D eigenvalue weighted by atomic mass is 35.5. The maximum absolute atomic E-state index is 10.7. The van der Waals surface area contributed by atoms with Gasteiger partial charge in [-0.3, -0.25) is 4.79 Å². The molecule has 0 saturated carbocycles. The number of aldehydes is 1. The lowest BCUT2D eigenvalue weighted by molar-refractivity contribution is -0.119. The maximum Gasteiger partial charge on any atom is 0.162 e. The van der Waals surface area contributed by atoms with Gasteiger partial charge in [0.25, 0.3) is 0 Å². The van der Waals surface area contributed by atoms with Crippen molar-refractivity contribution in [2.24, 2.45) is 0 Å². The molecule has 2 nitrogen and oxygen atoms in total. The molecule has 0 aliphatic heterocycles. The number of benzene rings is 1. The Labute approximate surface area is 88.8 Å². The van der Waals surface area contributed by atoms with E-state index in [2.05, 4.69) is 0 Å². The van der Waals surface area contributed by atoms with E-state index in [4.69, 9.17) is 16.3 Å². The number of hydrogen-bond acceptors (Lipinski definition) is 2. The zero-order valence-corrected chi connectivity index (χ0v) is 9.26. The Balaban J connectivity index is 2.92. The van der Waals surface area contributed by atoms with Gasteiger partial charge in [0.2, 0.25) is 0 Å². The number of ether oxygens (including phenoxy) is 1. The minimum absolute atomic E-state index is 0.666.